The van der Waals surface area contributed by atoms with Crippen LogP contribution in [0.15, 0.2) is 18.2 Å². The summed E-state index contributed by atoms with van der Waals surface area (Å²) >= 11 is 0. The molecule has 28 heavy (non-hydrogen) atoms. The number of aromatic nitrogens is 1. The van der Waals surface area contributed by atoms with E-state index in [9.17, 15) is 14.4 Å². The summed E-state index contributed by atoms with van der Waals surface area (Å²) in [7, 11) is 0. The molecule has 0 atom stereocenters. The van der Waals surface area contributed by atoms with Gasteiger partial charge in [0.1, 0.15) is 5.69 Å². The first-order chi connectivity index (χ1) is 13.1. The minimum absolute atomic E-state index is 0.132. The van der Waals surface area contributed by atoms with Crippen LogP contribution in [0.25, 0.3) is 0 Å². The number of ether oxygens (including phenoxy) is 2. The topological polar surface area (TPSA) is 97.5 Å². The van der Waals surface area contributed by atoms with E-state index in [1.807, 2.05) is 32.0 Å². The molecule has 7 heteroatoms. The minimum Gasteiger partial charge on any atom is -0.459 e. The van der Waals surface area contributed by atoms with Crippen LogP contribution in [-0.2, 0) is 14.3 Å². The number of aromatic amines is 1. The van der Waals surface area contributed by atoms with Crippen LogP contribution >= 0.6 is 0 Å². The predicted octanol–water partition coefficient (Wildman–Crippen LogP) is 3.61. The molecule has 0 spiro atoms. The first-order valence-corrected chi connectivity index (χ1v) is 9.04. The highest BCUT2D eigenvalue weighted by Gasteiger charge is 2.24. The standard InChI is InChI=1S/C21H26N2O5/c1-11(2)28-20(25)18-14(5)19(22-15(18)6)21(26)27-10-17(24)23-16-8-12(3)7-13(4)9-16/h7-9,11,22H,10H2,1-6H3,(H,23,24). The number of hydrogen-bond donors (Lipinski definition) is 2. The highest BCUT2D eigenvalue weighted by Crippen LogP contribution is 2.20. The molecule has 0 saturated carbocycles. The van der Waals surface area contributed by atoms with Crippen molar-refractivity contribution in [1.82, 2.24) is 4.98 Å². The number of nitrogens with one attached hydrogen (secondary N) is 2. The third kappa shape index (κ3) is 5.22. The summed E-state index contributed by atoms with van der Waals surface area (Å²) in [6, 6.07) is 5.66. The van der Waals surface area contributed by atoms with Crippen molar-refractivity contribution in [2.24, 2.45) is 0 Å². The second-order valence-corrected chi connectivity index (χ2v) is 7.08. The van der Waals surface area contributed by atoms with Gasteiger partial charge in [0.2, 0.25) is 0 Å². The van der Waals surface area contributed by atoms with Crippen molar-refractivity contribution in [3.63, 3.8) is 0 Å². The third-order valence-corrected chi connectivity index (χ3v) is 4.03. The van der Waals surface area contributed by atoms with E-state index in [0.717, 1.165) is 11.1 Å². The van der Waals surface area contributed by atoms with Crippen LogP contribution in [0, 0.1) is 27.7 Å². The summed E-state index contributed by atoms with van der Waals surface area (Å²) in [5, 5.41) is 2.70. The fourth-order valence-corrected chi connectivity index (χ4v) is 2.98. The zero-order chi connectivity index (χ0) is 21.0. The van der Waals surface area contributed by atoms with Crippen molar-refractivity contribution in [3.05, 3.63) is 51.8 Å². The molecule has 0 radical (unpaired) electrons. The average molecular weight is 386 g/mol. The van der Waals surface area contributed by atoms with Crippen LogP contribution in [0.3, 0.4) is 0 Å². The maximum absolute atomic E-state index is 12.4. The van der Waals surface area contributed by atoms with Crippen LogP contribution in [-0.4, -0.2) is 35.5 Å². The van der Waals surface area contributed by atoms with Gasteiger partial charge in [-0.2, -0.15) is 0 Å². The number of H-pyrrole nitrogens is 1. The Morgan fingerprint density at radius 2 is 1.61 bits per heavy atom. The Balaban J connectivity index is 2.03. The van der Waals surface area contributed by atoms with Gasteiger partial charge < -0.3 is 19.8 Å². The molecule has 1 aromatic carbocycles. The maximum atomic E-state index is 12.4. The van der Waals surface area contributed by atoms with Gasteiger partial charge in [0.25, 0.3) is 5.91 Å². The summed E-state index contributed by atoms with van der Waals surface area (Å²) in [4.78, 5) is 39.5. The van der Waals surface area contributed by atoms with Gasteiger partial charge in [-0.3, -0.25) is 4.79 Å². The van der Waals surface area contributed by atoms with Crippen molar-refractivity contribution in [3.8, 4) is 0 Å². The number of benzene rings is 1. The Labute approximate surface area is 164 Å². The van der Waals surface area contributed by atoms with Crippen molar-refractivity contribution < 1.29 is 23.9 Å². The fraction of sp³-hybridized carbons (Fsp3) is 0.381. The molecule has 2 N–H and O–H groups in total. The molecule has 0 fully saturated rings. The molecule has 1 heterocycles. The van der Waals surface area contributed by atoms with E-state index < -0.39 is 24.5 Å². The van der Waals surface area contributed by atoms with Gasteiger partial charge in [-0.05, 0) is 70.4 Å². The Kier molecular flexibility index (Phi) is 6.62. The summed E-state index contributed by atoms with van der Waals surface area (Å²) < 4.78 is 10.3. The number of esters is 2. The lowest BCUT2D eigenvalue weighted by Gasteiger charge is -2.09. The molecule has 2 aromatic rings. The molecule has 0 saturated heterocycles. The molecule has 2 rings (SSSR count). The first kappa shape index (κ1) is 21.2. The highest BCUT2D eigenvalue weighted by atomic mass is 16.5. The normalized spacial score (nSPS) is 10.7. The molecule has 0 aliphatic carbocycles. The molecule has 0 bridgehead atoms. The fourth-order valence-electron chi connectivity index (χ4n) is 2.98. The molecular weight excluding hydrogens is 360 g/mol. The van der Waals surface area contributed by atoms with E-state index in [2.05, 4.69) is 10.3 Å². The predicted molar refractivity (Wildman–Crippen MR) is 106 cm³/mol. The van der Waals surface area contributed by atoms with Gasteiger partial charge >= 0.3 is 11.9 Å². The zero-order valence-electron chi connectivity index (χ0n) is 17.1. The van der Waals surface area contributed by atoms with E-state index in [4.69, 9.17) is 9.47 Å². The maximum Gasteiger partial charge on any atom is 0.355 e. The number of hydrogen-bond acceptors (Lipinski definition) is 5. The second kappa shape index (κ2) is 8.73. The SMILES string of the molecule is Cc1cc(C)cc(NC(=O)COC(=O)c2[nH]c(C)c(C(=O)OC(C)C)c2C)c1. The van der Waals surface area contributed by atoms with Crippen molar-refractivity contribution >= 4 is 23.5 Å². The van der Waals surface area contributed by atoms with E-state index in [1.54, 1.807) is 27.7 Å². The summed E-state index contributed by atoms with van der Waals surface area (Å²) in [6.07, 6.45) is -0.273. The molecular formula is C21H26N2O5. The Hall–Kier alpha value is -3.09. The lowest BCUT2D eigenvalue weighted by molar-refractivity contribution is -0.119. The summed E-state index contributed by atoms with van der Waals surface area (Å²) in [5.41, 5.74) is 4.06. The quantitative estimate of drug-likeness (QED) is 0.739. The molecule has 150 valence electrons. The molecule has 1 amide bonds. The minimum atomic E-state index is -0.709. The third-order valence-electron chi connectivity index (χ3n) is 4.03. The van der Waals surface area contributed by atoms with Gasteiger partial charge in [-0.1, -0.05) is 6.07 Å². The molecule has 0 unspecified atom stereocenters. The summed E-state index contributed by atoms with van der Waals surface area (Å²) in [5.74, 6) is -1.66. The zero-order valence-corrected chi connectivity index (χ0v) is 17.1. The van der Waals surface area contributed by atoms with Crippen LogP contribution in [0.4, 0.5) is 5.69 Å². The van der Waals surface area contributed by atoms with Gasteiger partial charge in [-0.25, -0.2) is 9.59 Å². The number of aryl methyl sites for hydroxylation is 3. The van der Waals surface area contributed by atoms with Crippen molar-refractivity contribution in [2.45, 2.75) is 47.6 Å². The first-order valence-electron chi connectivity index (χ1n) is 9.04. The Morgan fingerprint density at radius 1 is 1.00 bits per heavy atom. The van der Waals surface area contributed by atoms with Crippen LogP contribution in [0.5, 0.6) is 0 Å². The summed E-state index contributed by atoms with van der Waals surface area (Å²) in [6.45, 7) is 10.2. The van der Waals surface area contributed by atoms with Gasteiger partial charge in [0, 0.05) is 11.4 Å². The van der Waals surface area contributed by atoms with E-state index in [0.29, 0.717) is 22.5 Å². The number of anilines is 1. The Bertz CT molecular complexity index is 892. The Morgan fingerprint density at radius 3 is 2.18 bits per heavy atom. The van der Waals surface area contributed by atoms with Gasteiger partial charge in [-0.15, -0.1) is 0 Å². The van der Waals surface area contributed by atoms with Crippen LogP contribution in [0.1, 0.15) is 57.1 Å². The molecule has 7 nitrogen and oxygen atoms in total. The van der Waals surface area contributed by atoms with Gasteiger partial charge in [0.15, 0.2) is 6.61 Å². The number of carbonyl (C=O) groups is 3. The lowest BCUT2D eigenvalue weighted by Crippen LogP contribution is -2.21. The second-order valence-electron chi connectivity index (χ2n) is 7.08. The number of amides is 1. The largest absolute Gasteiger partial charge is 0.459 e. The van der Waals surface area contributed by atoms with E-state index >= 15 is 0 Å². The highest BCUT2D eigenvalue weighted by molar-refractivity contribution is 5.99. The molecule has 1 aromatic heterocycles. The van der Waals surface area contributed by atoms with Crippen molar-refractivity contribution in [1.29, 1.82) is 0 Å². The van der Waals surface area contributed by atoms with E-state index in [-0.39, 0.29) is 11.8 Å². The van der Waals surface area contributed by atoms with E-state index in [1.165, 1.54) is 0 Å². The monoisotopic (exact) mass is 386 g/mol. The van der Waals surface area contributed by atoms with Crippen molar-refractivity contribution in [2.75, 3.05) is 11.9 Å². The number of carbonyl (C=O) groups excluding carboxylic acids is 3. The lowest BCUT2D eigenvalue weighted by atomic mass is 10.1. The van der Waals surface area contributed by atoms with Gasteiger partial charge in [0.05, 0.1) is 11.7 Å². The average Bonchev–Trinajstić information content (AvgIpc) is 2.85. The van der Waals surface area contributed by atoms with Crippen LogP contribution < -0.4 is 5.32 Å². The molecule has 0 aliphatic heterocycles. The molecule has 0 aliphatic rings. The van der Waals surface area contributed by atoms with Crippen LogP contribution in [0.2, 0.25) is 0 Å². The number of rotatable bonds is 6. The smallest absolute Gasteiger partial charge is 0.355 e.